The number of ether oxygens (including phenoxy) is 1. The first-order valence-corrected chi connectivity index (χ1v) is 4.81. The number of amides is 1. The standard InChI is InChI=1S/C10H19NO2/c1-6-7(2)9(13-8(6)3)10(12)11(4)5/h6-9H,1-5H3/t6-,7+,8?,9+/m1/s1. The average Bonchev–Trinajstić information content (AvgIpc) is 2.31. The highest BCUT2D eigenvalue weighted by Crippen LogP contribution is 2.32. The molecule has 3 nitrogen and oxygen atoms in total. The molecular formula is C10H19NO2. The minimum absolute atomic E-state index is 0.0868. The first-order valence-electron chi connectivity index (χ1n) is 4.81. The van der Waals surface area contributed by atoms with Gasteiger partial charge in [-0.1, -0.05) is 13.8 Å². The Balaban J connectivity index is 2.68. The van der Waals surface area contributed by atoms with Crippen LogP contribution in [0.15, 0.2) is 0 Å². The number of carbonyl (C=O) groups is 1. The summed E-state index contributed by atoms with van der Waals surface area (Å²) >= 11 is 0. The molecule has 0 bridgehead atoms. The van der Waals surface area contributed by atoms with E-state index in [-0.39, 0.29) is 18.1 Å². The van der Waals surface area contributed by atoms with Crippen LogP contribution >= 0.6 is 0 Å². The zero-order chi connectivity index (χ0) is 10.2. The molecular weight excluding hydrogens is 166 g/mol. The molecule has 4 atom stereocenters. The van der Waals surface area contributed by atoms with Gasteiger partial charge in [-0.05, 0) is 18.8 Å². The zero-order valence-electron chi connectivity index (χ0n) is 9.07. The van der Waals surface area contributed by atoms with Crippen molar-refractivity contribution in [2.24, 2.45) is 11.8 Å². The number of hydrogen-bond donors (Lipinski definition) is 0. The Morgan fingerprint density at radius 3 is 2.00 bits per heavy atom. The molecule has 0 radical (unpaired) electrons. The summed E-state index contributed by atoms with van der Waals surface area (Å²) in [7, 11) is 3.54. The van der Waals surface area contributed by atoms with Crippen molar-refractivity contribution in [3.63, 3.8) is 0 Å². The van der Waals surface area contributed by atoms with Crippen molar-refractivity contribution in [2.75, 3.05) is 14.1 Å². The maximum Gasteiger partial charge on any atom is 0.251 e. The van der Waals surface area contributed by atoms with E-state index in [1.807, 2.05) is 6.92 Å². The molecule has 0 aliphatic carbocycles. The fourth-order valence-corrected chi connectivity index (χ4v) is 1.72. The Morgan fingerprint density at radius 2 is 1.69 bits per heavy atom. The van der Waals surface area contributed by atoms with Crippen LogP contribution in [0.4, 0.5) is 0 Å². The molecule has 1 aliphatic rings. The molecule has 1 amide bonds. The third-order valence-corrected chi connectivity index (χ3v) is 3.09. The van der Waals surface area contributed by atoms with Crippen LogP contribution < -0.4 is 0 Å². The quantitative estimate of drug-likeness (QED) is 0.613. The molecule has 1 unspecified atom stereocenters. The fraction of sp³-hybridized carbons (Fsp3) is 0.900. The predicted octanol–water partition coefficient (Wildman–Crippen LogP) is 1.13. The molecule has 1 fully saturated rings. The van der Waals surface area contributed by atoms with Gasteiger partial charge in [-0.25, -0.2) is 0 Å². The van der Waals surface area contributed by atoms with Crippen LogP contribution in [0.25, 0.3) is 0 Å². The summed E-state index contributed by atoms with van der Waals surface area (Å²) in [6.45, 7) is 6.25. The molecule has 0 aromatic rings. The molecule has 0 N–H and O–H groups in total. The molecule has 1 rings (SSSR count). The third-order valence-electron chi connectivity index (χ3n) is 3.09. The van der Waals surface area contributed by atoms with Crippen molar-refractivity contribution in [2.45, 2.75) is 33.0 Å². The average molecular weight is 185 g/mol. The summed E-state index contributed by atoms with van der Waals surface area (Å²) in [5, 5.41) is 0. The summed E-state index contributed by atoms with van der Waals surface area (Å²) in [6.07, 6.45) is -0.0381. The molecule has 0 spiro atoms. The lowest BCUT2D eigenvalue weighted by molar-refractivity contribution is -0.141. The van der Waals surface area contributed by atoms with E-state index in [2.05, 4.69) is 13.8 Å². The van der Waals surface area contributed by atoms with Crippen LogP contribution in [-0.4, -0.2) is 37.1 Å². The van der Waals surface area contributed by atoms with Gasteiger partial charge in [-0.2, -0.15) is 0 Å². The zero-order valence-corrected chi connectivity index (χ0v) is 9.07. The van der Waals surface area contributed by atoms with E-state index in [1.54, 1.807) is 19.0 Å². The van der Waals surface area contributed by atoms with Gasteiger partial charge in [0.2, 0.25) is 0 Å². The van der Waals surface area contributed by atoms with E-state index in [9.17, 15) is 4.79 Å². The molecule has 1 heterocycles. The summed E-state index contributed by atoms with van der Waals surface area (Å²) in [6, 6.07) is 0. The Labute approximate surface area is 80.1 Å². The lowest BCUT2D eigenvalue weighted by atomic mass is 9.90. The van der Waals surface area contributed by atoms with Crippen molar-refractivity contribution < 1.29 is 9.53 Å². The van der Waals surface area contributed by atoms with Gasteiger partial charge in [0, 0.05) is 14.1 Å². The maximum atomic E-state index is 11.6. The molecule has 1 saturated heterocycles. The summed E-state index contributed by atoms with van der Waals surface area (Å²) in [4.78, 5) is 13.3. The second-order valence-corrected chi connectivity index (χ2v) is 4.21. The third kappa shape index (κ3) is 1.85. The lowest BCUT2D eigenvalue weighted by Gasteiger charge is -2.19. The normalized spacial score (nSPS) is 39.2. The van der Waals surface area contributed by atoms with Crippen molar-refractivity contribution in [3.05, 3.63) is 0 Å². The van der Waals surface area contributed by atoms with Gasteiger partial charge < -0.3 is 9.64 Å². The van der Waals surface area contributed by atoms with E-state index in [0.29, 0.717) is 11.8 Å². The van der Waals surface area contributed by atoms with Gasteiger partial charge in [0.25, 0.3) is 5.91 Å². The maximum absolute atomic E-state index is 11.6. The minimum atomic E-state index is -0.236. The van der Waals surface area contributed by atoms with Crippen LogP contribution in [0.1, 0.15) is 20.8 Å². The van der Waals surface area contributed by atoms with Gasteiger partial charge in [0.1, 0.15) is 6.10 Å². The van der Waals surface area contributed by atoms with Crippen LogP contribution in [0, 0.1) is 11.8 Å². The molecule has 0 saturated carbocycles. The number of rotatable bonds is 1. The van der Waals surface area contributed by atoms with Gasteiger partial charge in [-0.3, -0.25) is 4.79 Å². The van der Waals surface area contributed by atoms with Crippen molar-refractivity contribution in [3.8, 4) is 0 Å². The molecule has 3 heteroatoms. The molecule has 0 aromatic carbocycles. The summed E-state index contributed by atoms with van der Waals surface area (Å²) < 4.78 is 5.62. The molecule has 13 heavy (non-hydrogen) atoms. The predicted molar refractivity (Wildman–Crippen MR) is 51.4 cm³/mol. The Kier molecular flexibility index (Phi) is 2.96. The fourth-order valence-electron chi connectivity index (χ4n) is 1.72. The second-order valence-electron chi connectivity index (χ2n) is 4.21. The van der Waals surface area contributed by atoms with E-state index in [1.165, 1.54) is 0 Å². The van der Waals surface area contributed by atoms with E-state index in [0.717, 1.165) is 0 Å². The monoisotopic (exact) mass is 185 g/mol. The highest BCUT2D eigenvalue weighted by atomic mass is 16.5. The smallest absolute Gasteiger partial charge is 0.251 e. The highest BCUT2D eigenvalue weighted by molar-refractivity contribution is 5.81. The number of carbonyl (C=O) groups excluding carboxylic acids is 1. The summed E-state index contributed by atoms with van der Waals surface area (Å²) in [5.41, 5.74) is 0. The highest BCUT2D eigenvalue weighted by Gasteiger charge is 2.41. The van der Waals surface area contributed by atoms with Crippen LogP contribution in [0.5, 0.6) is 0 Å². The second kappa shape index (κ2) is 3.66. The van der Waals surface area contributed by atoms with Crippen LogP contribution in [-0.2, 0) is 9.53 Å². The molecule has 1 aliphatic heterocycles. The van der Waals surface area contributed by atoms with E-state index >= 15 is 0 Å². The van der Waals surface area contributed by atoms with Gasteiger partial charge in [0.15, 0.2) is 0 Å². The topological polar surface area (TPSA) is 29.5 Å². The molecule has 76 valence electrons. The Bertz CT molecular complexity index is 203. The van der Waals surface area contributed by atoms with Gasteiger partial charge in [-0.15, -0.1) is 0 Å². The Hall–Kier alpha value is -0.570. The number of likely N-dealkylation sites (N-methyl/N-ethyl adjacent to an activating group) is 1. The summed E-state index contributed by atoms with van der Waals surface area (Å²) in [5.74, 6) is 0.877. The first-order chi connectivity index (χ1) is 5.95. The lowest BCUT2D eigenvalue weighted by Crippen LogP contribution is -2.37. The van der Waals surface area contributed by atoms with E-state index < -0.39 is 0 Å². The van der Waals surface area contributed by atoms with Crippen molar-refractivity contribution >= 4 is 5.91 Å². The van der Waals surface area contributed by atoms with Crippen LogP contribution in [0.3, 0.4) is 0 Å². The van der Waals surface area contributed by atoms with Crippen LogP contribution in [0.2, 0.25) is 0 Å². The Morgan fingerprint density at radius 1 is 1.15 bits per heavy atom. The largest absolute Gasteiger partial charge is 0.365 e. The van der Waals surface area contributed by atoms with Gasteiger partial charge >= 0.3 is 0 Å². The van der Waals surface area contributed by atoms with Gasteiger partial charge in [0.05, 0.1) is 6.10 Å². The SMILES string of the molecule is CC1O[C@H](C(=O)N(C)C)[C@@H](C)[C@H]1C. The minimum Gasteiger partial charge on any atom is -0.365 e. The number of nitrogens with zero attached hydrogens (tertiary/aromatic N) is 1. The molecule has 0 aromatic heterocycles. The van der Waals surface area contributed by atoms with E-state index in [4.69, 9.17) is 4.74 Å². The van der Waals surface area contributed by atoms with Crippen molar-refractivity contribution in [1.29, 1.82) is 0 Å². The van der Waals surface area contributed by atoms with Crippen molar-refractivity contribution in [1.82, 2.24) is 4.90 Å². The first kappa shape index (κ1) is 10.5. The number of hydrogen-bond acceptors (Lipinski definition) is 2.